The summed E-state index contributed by atoms with van der Waals surface area (Å²) in [6.07, 6.45) is 2.06. The molecule has 1 aromatic rings. The zero-order valence-corrected chi connectivity index (χ0v) is 13.5. The van der Waals surface area contributed by atoms with Crippen LogP contribution in [0.15, 0.2) is 23.1 Å². The molecule has 8 heteroatoms. The highest BCUT2D eigenvalue weighted by atomic mass is 32.2. The minimum absolute atomic E-state index is 0.261. The van der Waals surface area contributed by atoms with Crippen molar-refractivity contribution in [2.45, 2.75) is 35.8 Å². The summed E-state index contributed by atoms with van der Waals surface area (Å²) in [6.45, 7) is 0.491. The molecule has 0 bridgehead atoms. The molecule has 2 aliphatic heterocycles. The van der Waals surface area contributed by atoms with Gasteiger partial charge in [-0.2, -0.15) is 11.8 Å². The van der Waals surface area contributed by atoms with Gasteiger partial charge in [0.05, 0.1) is 10.5 Å². The Kier molecular flexibility index (Phi) is 4.46. The van der Waals surface area contributed by atoms with Gasteiger partial charge in [-0.05, 0) is 37.1 Å². The number of sulfonamides is 1. The maximum absolute atomic E-state index is 13.2. The second-order valence-electron chi connectivity index (χ2n) is 5.75. The number of ether oxygens (including phenoxy) is 1. The van der Waals surface area contributed by atoms with E-state index < -0.39 is 21.7 Å². The number of rotatable bonds is 3. The van der Waals surface area contributed by atoms with Crippen LogP contribution in [-0.2, 0) is 14.8 Å². The maximum atomic E-state index is 13.2. The predicted molar refractivity (Wildman–Crippen MR) is 80.3 cm³/mol. The molecule has 1 N–H and O–H groups in total. The van der Waals surface area contributed by atoms with E-state index in [4.69, 9.17) is 4.74 Å². The van der Waals surface area contributed by atoms with Gasteiger partial charge >= 0.3 is 0 Å². The van der Waals surface area contributed by atoms with Gasteiger partial charge in [-0.25, -0.2) is 21.9 Å². The van der Waals surface area contributed by atoms with E-state index in [1.807, 2.05) is 0 Å². The summed E-state index contributed by atoms with van der Waals surface area (Å²) >= 11 is 1.80. The molecule has 22 heavy (non-hydrogen) atoms. The van der Waals surface area contributed by atoms with E-state index in [2.05, 4.69) is 4.72 Å². The van der Waals surface area contributed by atoms with E-state index >= 15 is 0 Å². The SMILES string of the molecule is O=S(=O)(N[C@@H]1CCO[C@@]2(CCSC2)C1)c1cc(F)cc(F)c1. The van der Waals surface area contributed by atoms with Crippen molar-refractivity contribution in [2.75, 3.05) is 18.1 Å². The average molecular weight is 349 g/mol. The lowest BCUT2D eigenvalue weighted by molar-refractivity contribution is -0.0673. The third-order valence-electron chi connectivity index (χ3n) is 4.03. The molecular weight excluding hydrogens is 332 g/mol. The summed E-state index contributed by atoms with van der Waals surface area (Å²) in [5.41, 5.74) is -0.261. The second kappa shape index (κ2) is 6.07. The minimum Gasteiger partial charge on any atom is -0.374 e. The van der Waals surface area contributed by atoms with Gasteiger partial charge in [-0.15, -0.1) is 0 Å². The van der Waals surface area contributed by atoms with Crippen LogP contribution < -0.4 is 4.72 Å². The standard InChI is InChI=1S/C14H17F2NO3S2/c15-10-5-11(16)7-13(6-10)22(18,19)17-12-1-3-20-14(8-12)2-4-21-9-14/h5-7,12,17H,1-4,8-9H2/t12-,14+/m1/s1. The molecule has 0 saturated carbocycles. The van der Waals surface area contributed by atoms with E-state index in [1.165, 1.54) is 0 Å². The molecule has 4 nitrogen and oxygen atoms in total. The van der Waals surface area contributed by atoms with E-state index in [1.54, 1.807) is 11.8 Å². The van der Waals surface area contributed by atoms with Crippen LogP contribution >= 0.6 is 11.8 Å². The van der Waals surface area contributed by atoms with Crippen LogP contribution in [0.3, 0.4) is 0 Å². The zero-order chi connectivity index (χ0) is 15.8. The molecule has 0 radical (unpaired) electrons. The monoisotopic (exact) mass is 349 g/mol. The van der Waals surface area contributed by atoms with Crippen LogP contribution in [0.5, 0.6) is 0 Å². The van der Waals surface area contributed by atoms with E-state index in [0.717, 1.165) is 30.1 Å². The third kappa shape index (κ3) is 3.45. The Balaban J connectivity index is 1.76. The second-order valence-corrected chi connectivity index (χ2v) is 8.57. The highest BCUT2D eigenvalue weighted by molar-refractivity contribution is 7.99. The first kappa shape index (κ1) is 16.2. The number of hydrogen-bond acceptors (Lipinski definition) is 4. The Morgan fingerprint density at radius 2 is 2.00 bits per heavy atom. The van der Waals surface area contributed by atoms with Crippen LogP contribution in [0.2, 0.25) is 0 Å². The van der Waals surface area contributed by atoms with Crippen molar-refractivity contribution in [2.24, 2.45) is 0 Å². The van der Waals surface area contributed by atoms with E-state index in [9.17, 15) is 17.2 Å². The van der Waals surface area contributed by atoms with Gasteiger partial charge in [-0.1, -0.05) is 0 Å². The molecule has 0 aliphatic carbocycles. The quantitative estimate of drug-likeness (QED) is 0.910. The molecule has 3 rings (SSSR count). The smallest absolute Gasteiger partial charge is 0.241 e. The molecule has 2 atom stereocenters. The first-order valence-corrected chi connectivity index (χ1v) is 9.73. The van der Waals surface area contributed by atoms with Gasteiger partial charge in [0.25, 0.3) is 0 Å². The largest absolute Gasteiger partial charge is 0.374 e. The predicted octanol–water partition coefficient (Wildman–Crippen LogP) is 2.30. The number of halogens is 2. The van der Waals surface area contributed by atoms with Crippen LogP contribution in [0.25, 0.3) is 0 Å². The van der Waals surface area contributed by atoms with Crippen molar-refractivity contribution in [1.29, 1.82) is 0 Å². The molecule has 1 spiro atoms. The lowest BCUT2D eigenvalue weighted by Gasteiger charge is -2.37. The van der Waals surface area contributed by atoms with Crippen molar-refractivity contribution >= 4 is 21.8 Å². The van der Waals surface area contributed by atoms with Gasteiger partial charge in [-0.3, -0.25) is 0 Å². The third-order valence-corrected chi connectivity index (χ3v) is 6.75. The van der Waals surface area contributed by atoms with Gasteiger partial charge in [0.15, 0.2) is 0 Å². The maximum Gasteiger partial charge on any atom is 0.241 e. The normalized spacial score (nSPS) is 29.1. The number of thioether (sulfide) groups is 1. The number of hydrogen-bond donors (Lipinski definition) is 1. The summed E-state index contributed by atoms with van der Waals surface area (Å²) in [5, 5.41) is 0. The first-order valence-electron chi connectivity index (χ1n) is 7.09. The Morgan fingerprint density at radius 1 is 1.27 bits per heavy atom. The Hall–Kier alpha value is -0.700. The van der Waals surface area contributed by atoms with Gasteiger partial charge in [0.2, 0.25) is 10.0 Å². The van der Waals surface area contributed by atoms with E-state index in [-0.39, 0.29) is 16.5 Å². The lowest BCUT2D eigenvalue weighted by Crippen LogP contribution is -2.48. The molecule has 2 saturated heterocycles. The number of nitrogens with one attached hydrogen (secondary N) is 1. The highest BCUT2D eigenvalue weighted by Crippen LogP contribution is 2.38. The van der Waals surface area contributed by atoms with Crippen LogP contribution in [-0.4, -0.2) is 38.2 Å². The Bertz CT molecular complexity index is 640. The van der Waals surface area contributed by atoms with Gasteiger partial charge in [0.1, 0.15) is 11.6 Å². The van der Waals surface area contributed by atoms with Crippen LogP contribution in [0.4, 0.5) is 8.78 Å². The summed E-state index contributed by atoms with van der Waals surface area (Å²) in [4.78, 5) is -0.383. The van der Waals surface area contributed by atoms with E-state index in [0.29, 0.717) is 25.5 Å². The van der Waals surface area contributed by atoms with Crippen molar-refractivity contribution in [1.82, 2.24) is 4.72 Å². The molecule has 0 amide bonds. The zero-order valence-electron chi connectivity index (χ0n) is 11.8. The van der Waals surface area contributed by atoms with Crippen LogP contribution in [0, 0.1) is 11.6 Å². The average Bonchev–Trinajstić information content (AvgIpc) is 2.85. The van der Waals surface area contributed by atoms with Crippen molar-refractivity contribution in [3.05, 3.63) is 29.8 Å². The first-order chi connectivity index (χ1) is 10.4. The molecule has 122 valence electrons. The fraction of sp³-hybridized carbons (Fsp3) is 0.571. The summed E-state index contributed by atoms with van der Waals surface area (Å²) in [6, 6.07) is 2.03. The Morgan fingerprint density at radius 3 is 2.64 bits per heavy atom. The molecule has 0 aromatic heterocycles. The molecule has 2 fully saturated rings. The van der Waals surface area contributed by atoms with Crippen molar-refractivity contribution < 1.29 is 21.9 Å². The van der Waals surface area contributed by atoms with Crippen molar-refractivity contribution in [3.63, 3.8) is 0 Å². The summed E-state index contributed by atoms with van der Waals surface area (Å²) < 4.78 is 59.5. The topological polar surface area (TPSA) is 55.4 Å². The minimum atomic E-state index is -3.94. The lowest BCUT2D eigenvalue weighted by atomic mass is 9.90. The fourth-order valence-corrected chi connectivity index (χ4v) is 5.65. The number of benzene rings is 1. The summed E-state index contributed by atoms with van der Waals surface area (Å²) in [7, 11) is -3.94. The molecule has 2 heterocycles. The molecular formula is C14H17F2NO3S2. The van der Waals surface area contributed by atoms with Crippen LogP contribution in [0.1, 0.15) is 19.3 Å². The highest BCUT2D eigenvalue weighted by Gasteiger charge is 2.41. The Labute approximate surface area is 132 Å². The van der Waals surface area contributed by atoms with Crippen molar-refractivity contribution in [3.8, 4) is 0 Å². The van der Waals surface area contributed by atoms with Gasteiger partial charge < -0.3 is 4.74 Å². The summed E-state index contributed by atoms with van der Waals surface area (Å²) in [5.74, 6) is 0.0565. The fourth-order valence-electron chi connectivity index (χ4n) is 2.96. The molecule has 2 aliphatic rings. The molecule has 1 aromatic carbocycles. The molecule has 0 unspecified atom stereocenters. The van der Waals surface area contributed by atoms with Gasteiger partial charge in [0, 0.05) is 24.5 Å².